The molecule has 0 aliphatic rings. The van der Waals surface area contributed by atoms with Gasteiger partial charge in [-0.05, 0) is 40.4 Å². The van der Waals surface area contributed by atoms with E-state index in [1.165, 1.54) is 5.56 Å². The number of aryl methyl sites for hydroxylation is 1. The van der Waals surface area contributed by atoms with E-state index in [1.54, 1.807) is 0 Å². The van der Waals surface area contributed by atoms with Gasteiger partial charge in [0, 0.05) is 24.0 Å². The zero-order valence-corrected chi connectivity index (χ0v) is 17.6. The van der Waals surface area contributed by atoms with Gasteiger partial charge in [-0.15, -0.1) is 0 Å². The molecule has 0 amide bonds. The second kappa shape index (κ2) is 9.99. The first-order valence-electron chi connectivity index (χ1n) is 9.38. The number of aliphatic hydroxyl groups excluding tert-OH is 1. The van der Waals surface area contributed by atoms with Gasteiger partial charge in [-0.25, -0.2) is 4.98 Å². The molecule has 3 rings (SSSR count). The number of rotatable bonds is 6. The van der Waals surface area contributed by atoms with Crippen LogP contribution in [0.25, 0.3) is 17.1 Å². The van der Waals surface area contributed by atoms with Crippen molar-refractivity contribution in [2.45, 2.75) is 33.4 Å². The van der Waals surface area contributed by atoms with Crippen molar-refractivity contribution in [1.29, 1.82) is 0 Å². The Morgan fingerprint density at radius 2 is 1.83 bits per heavy atom. The zero-order valence-electron chi connectivity index (χ0n) is 17.6. The predicted molar refractivity (Wildman–Crippen MR) is 112 cm³/mol. The zero-order chi connectivity index (χ0) is 21.6. The molecule has 8 heteroatoms. The minimum absolute atomic E-state index is 0.0731. The minimum atomic E-state index is -0.250. The highest BCUT2D eigenvalue weighted by Gasteiger charge is 2.17. The maximum atomic E-state index is 9.23. The van der Waals surface area contributed by atoms with Gasteiger partial charge in [-0.3, -0.25) is 14.0 Å². The summed E-state index contributed by atoms with van der Waals surface area (Å²) in [6.45, 7) is 6.52. The average molecular weight is 399 g/mol. The monoisotopic (exact) mass is 399 g/mol. The van der Waals surface area contributed by atoms with Crippen LogP contribution in [0.4, 0.5) is 0 Å². The van der Waals surface area contributed by atoms with Crippen molar-refractivity contribution in [3.05, 3.63) is 53.6 Å². The number of aliphatic hydroxyl groups is 1. The summed E-state index contributed by atoms with van der Waals surface area (Å²) in [6, 6.07) is 8.93. The lowest BCUT2D eigenvalue weighted by molar-refractivity contribution is -0.122. The summed E-state index contributed by atoms with van der Waals surface area (Å²) in [6.07, 6.45) is 3.78. The molecular formula is C21H29N5O3. The third kappa shape index (κ3) is 4.90. The molecule has 0 aliphatic heterocycles. The van der Waals surface area contributed by atoms with Gasteiger partial charge in [0.05, 0.1) is 30.2 Å². The summed E-state index contributed by atoms with van der Waals surface area (Å²) in [5.74, 6) is 0.892. The molecule has 156 valence electrons. The molecule has 3 aromatic rings. The fraction of sp³-hybridized carbons (Fsp3) is 0.381. The number of benzene rings is 1. The molecular weight excluding hydrogens is 370 g/mol. The Morgan fingerprint density at radius 1 is 1.21 bits per heavy atom. The second-order valence-corrected chi connectivity index (χ2v) is 6.95. The summed E-state index contributed by atoms with van der Waals surface area (Å²) >= 11 is 0. The van der Waals surface area contributed by atoms with E-state index in [-0.39, 0.29) is 13.1 Å². The molecule has 29 heavy (non-hydrogen) atoms. The highest BCUT2D eigenvalue weighted by molar-refractivity contribution is 5.60. The Bertz CT molecular complexity index is 928. The van der Waals surface area contributed by atoms with Gasteiger partial charge in [-0.1, -0.05) is 24.3 Å². The van der Waals surface area contributed by atoms with Crippen LogP contribution in [0.1, 0.15) is 29.9 Å². The topological polar surface area (TPSA) is 96.4 Å². The Morgan fingerprint density at radius 3 is 2.38 bits per heavy atom. The SMILES string of the molecule is Cc1nn(CCO)c(C)c1-n1ccnc1-c1ccc(C(C)N(C)C)cc1.O=CO. The van der Waals surface area contributed by atoms with Crippen LogP contribution in [0, 0.1) is 13.8 Å². The molecule has 0 saturated heterocycles. The summed E-state index contributed by atoms with van der Waals surface area (Å²) in [7, 11) is 4.17. The van der Waals surface area contributed by atoms with Crippen molar-refractivity contribution in [3.63, 3.8) is 0 Å². The van der Waals surface area contributed by atoms with E-state index < -0.39 is 0 Å². The molecule has 0 spiro atoms. The minimum Gasteiger partial charge on any atom is -0.483 e. The van der Waals surface area contributed by atoms with Crippen molar-refractivity contribution in [3.8, 4) is 17.1 Å². The van der Waals surface area contributed by atoms with Crippen molar-refractivity contribution in [2.75, 3.05) is 20.7 Å². The van der Waals surface area contributed by atoms with Crippen molar-refractivity contribution in [1.82, 2.24) is 24.2 Å². The van der Waals surface area contributed by atoms with Crippen LogP contribution < -0.4 is 0 Å². The Kier molecular flexibility index (Phi) is 7.69. The van der Waals surface area contributed by atoms with Crippen molar-refractivity contribution >= 4 is 6.47 Å². The lowest BCUT2D eigenvalue weighted by Crippen LogP contribution is -2.16. The number of hydrogen-bond acceptors (Lipinski definition) is 5. The fourth-order valence-electron chi connectivity index (χ4n) is 3.25. The van der Waals surface area contributed by atoms with Crippen LogP contribution in [-0.2, 0) is 11.3 Å². The van der Waals surface area contributed by atoms with E-state index in [0.29, 0.717) is 12.6 Å². The molecule has 1 atom stereocenters. The highest BCUT2D eigenvalue weighted by Crippen LogP contribution is 2.27. The molecule has 0 aliphatic carbocycles. The fourth-order valence-corrected chi connectivity index (χ4v) is 3.25. The molecule has 0 fully saturated rings. The van der Waals surface area contributed by atoms with E-state index >= 15 is 0 Å². The molecule has 0 radical (unpaired) electrons. The van der Waals surface area contributed by atoms with E-state index in [9.17, 15) is 5.11 Å². The van der Waals surface area contributed by atoms with Gasteiger partial charge in [0.2, 0.25) is 0 Å². The van der Waals surface area contributed by atoms with Crippen molar-refractivity contribution in [2.24, 2.45) is 0 Å². The normalized spacial score (nSPS) is 11.8. The molecule has 1 unspecified atom stereocenters. The van der Waals surface area contributed by atoms with Gasteiger partial charge in [0.1, 0.15) is 5.82 Å². The van der Waals surface area contributed by atoms with Crippen LogP contribution in [0.15, 0.2) is 36.7 Å². The van der Waals surface area contributed by atoms with E-state index in [0.717, 1.165) is 28.5 Å². The van der Waals surface area contributed by atoms with Crippen LogP contribution in [0.5, 0.6) is 0 Å². The van der Waals surface area contributed by atoms with Crippen LogP contribution in [-0.4, -0.2) is 61.6 Å². The lowest BCUT2D eigenvalue weighted by atomic mass is 10.1. The number of nitrogens with zero attached hydrogens (tertiary/aromatic N) is 5. The molecule has 0 bridgehead atoms. The second-order valence-electron chi connectivity index (χ2n) is 6.95. The lowest BCUT2D eigenvalue weighted by Gasteiger charge is -2.20. The first-order valence-corrected chi connectivity index (χ1v) is 9.38. The first kappa shape index (κ1) is 22.3. The maximum absolute atomic E-state index is 9.23. The maximum Gasteiger partial charge on any atom is 0.290 e. The molecule has 2 N–H and O–H groups in total. The third-order valence-corrected chi connectivity index (χ3v) is 4.96. The standard InChI is InChI=1S/C20H27N5O.CH2O2/c1-14-19(16(3)25(22-14)12-13-26)24-11-10-21-20(24)18-8-6-17(7-9-18)15(2)23(4)5;2-1-3/h6-11,15,26H,12-13H2,1-5H3;1H,(H,2,3). The Balaban J connectivity index is 0.000000941. The molecule has 1 aromatic carbocycles. The largest absolute Gasteiger partial charge is 0.483 e. The summed E-state index contributed by atoms with van der Waals surface area (Å²) < 4.78 is 3.92. The number of hydrogen-bond donors (Lipinski definition) is 2. The Hall–Kier alpha value is -2.97. The smallest absolute Gasteiger partial charge is 0.290 e. The van der Waals surface area contributed by atoms with Crippen LogP contribution >= 0.6 is 0 Å². The molecule has 2 aromatic heterocycles. The van der Waals surface area contributed by atoms with Gasteiger partial charge in [0.25, 0.3) is 6.47 Å². The van der Waals surface area contributed by atoms with Gasteiger partial charge >= 0.3 is 0 Å². The van der Waals surface area contributed by atoms with E-state index in [4.69, 9.17) is 9.90 Å². The quantitative estimate of drug-likeness (QED) is 0.619. The number of carboxylic acid groups (broad SMARTS) is 1. The predicted octanol–water partition coefficient (Wildman–Crippen LogP) is 2.67. The van der Waals surface area contributed by atoms with Crippen molar-refractivity contribution < 1.29 is 15.0 Å². The average Bonchev–Trinajstić information content (AvgIpc) is 3.26. The highest BCUT2D eigenvalue weighted by atomic mass is 16.3. The van der Waals surface area contributed by atoms with Gasteiger partial charge in [-0.2, -0.15) is 5.10 Å². The Labute approximate surface area is 171 Å². The molecule has 0 saturated carbocycles. The summed E-state index contributed by atoms with van der Waals surface area (Å²) in [4.78, 5) is 15.1. The number of imidazole rings is 1. The van der Waals surface area contributed by atoms with Gasteiger partial charge < -0.3 is 15.1 Å². The third-order valence-electron chi connectivity index (χ3n) is 4.96. The molecule has 2 heterocycles. The van der Waals surface area contributed by atoms with Crippen LogP contribution in [0.2, 0.25) is 0 Å². The van der Waals surface area contributed by atoms with E-state index in [2.05, 4.69) is 64.8 Å². The first-order chi connectivity index (χ1) is 13.8. The number of aromatic nitrogens is 4. The number of carbonyl (C=O) groups is 1. The van der Waals surface area contributed by atoms with Gasteiger partial charge in [0.15, 0.2) is 0 Å². The van der Waals surface area contributed by atoms with E-state index in [1.807, 2.05) is 30.9 Å². The molecule has 8 nitrogen and oxygen atoms in total. The summed E-state index contributed by atoms with van der Waals surface area (Å²) in [5.41, 5.74) is 5.32. The summed E-state index contributed by atoms with van der Waals surface area (Å²) in [5, 5.41) is 20.7. The van der Waals surface area contributed by atoms with Crippen LogP contribution in [0.3, 0.4) is 0 Å².